The molecule has 0 saturated carbocycles. The average Bonchev–Trinajstić information content (AvgIpc) is 2.40. The molecule has 3 unspecified atom stereocenters. The van der Waals surface area contributed by atoms with Gasteiger partial charge in [-0.2, -0.15) is 0 Å². The minimum absolute atomic E-state index is 0.160. The van der Waals surface area contributed by atoms with E-state index in [1.807, 2.05) is 13.8 Å². The standard InChI is InChI=1S/C15H30N2O2/c1-6-16-15(4,14(18)19-5)9-11-17-10-7-8-12(2)13(17)3/h12-13,16H,6-11H2,1-5H3. The molecule has 0 aromatic rings. The smallest absolute Gasteiger partial charge is 0.325 e. The molecule has 1 saturated heterocycles. The van der Waals surface area contributed by atoms with E-state index in [1.165, 1.54) is 20.0 Å². The van der Waals surface area contributed by atoms with Gasteiger partial charge in [0, 0.05) is 12.6 Å². The van der Waals surface area contributed by atoms with Crippen LogP contribution in [0.15, 0.2) is 0 Å². The summed E-state index contributed by atoms with van der Waals surface area (Å²) in [7, 11) is 1.46. The number of rotatable bonds is 6. The van der Waals surface area contributed by atoms with Crippen LogP contribution in [0.3, 0.4) is 0 Å². The molecular weight excluding hydrogens is 240 g/mol. The lowest BCUT2D eigenvalue weighted by Gasteiger charge is -2.39. The van der Waals surface area contributed by atoms with Crippen LogP contribution < -0.4 is 5.32 Å². The Labute approximate surface area is 117 Å². The van der Waals surface area contributed by atoms with Crippen molar-refractivity contribution in [1.82, 2.24) is 10.2 Å². The molecule has 0 bridgehead atoms. The Morgan fingerprint density at radius 3 is 2.74 bits per heavy atom. The number of methoxy groups -OCH3 is 1. The topological polar surface area (TPSA) is 41.6 Å². The van der Waals surface area contributed by atoms with Crippen molar-refractivity contribution in [2.75, 3.05) is 26.7 Å². The molecule has 3 atom stereocenters. The van der Waals surface area contributed by atoms with Crippen LogP contribution in [0.1, 0.15) is 47.0 Å². The molecule has 1 fully saturated rings. The van der Waals surface area contributed by atoms with Crippen LogP contribution in [0.4, 0.5) is 0 Å². The van der Waals surface area contributed by atoms with E-state index in [9.17, 15) is 4.79 Å². The van der Waals surface area contributed by atoms with Crippen LogP contribution in [0, 0.1) is 5.92 Å². The van der Waals surface area contributed by atoms with Gasteiger partial charge in [-0.05, 0) is 52.1 Å². The summed E-state index contributed by atoms with van der Waals surface area (Å²) in [5.41, 5.74) is -0.566. The molecule has 19 heavy (non-hydrogen) atoms. The van der Waals surface area contributed by atoms with Gasteiger partial charge < -0.3 is 15.0 Å². The highest BCUT2D eigenvalue weighted by atomic mass is 16.5. The molecule has 0 radical (unpaired) electrons. The second-order valence-electron chi connectivity index (χ2n) is 6.00. The lowest BCUT2D eigenvalue weighted by atomic mass is 9.90. The summed E-state index contributed by atoms with van der Waals surface area (Å²) in [6.07, 6.45) is 3.38. The third kappa shape index (κ3) is 4.18. The Morgan fingerprint density at radius 2 is 2.16 bits per heavy atom. The second-order valence-corrected chi connectivity index (χ2v) is 6.00. The number of likely N-dealkylation sites (N-methyl/N-ethyl adjacent to an activating group) is 1. The predicted octanol–water partition coefficient (Wildman–Crippen LogP) is 2.04. The van der Waals surface area contributed by atoms with Gasteiger partial charge in [-0.15, -0.1) is 0 Å². The first-order valence-electron chi connectivity index (χ1n) is 7.52. The Kier molecular flexibility index (Phi) is 6.27. The maximum absolute atomic E-state index is 11.9. The molecule has 1 rings (SSSR count). The summed E-state index contributed by atoms with van der Waals surface area (Å²) in [6, 6.07) is 0.609. The fraction of sp³-hybridized carbons (Fsp3) is 0.933. The number of nitrogens with one attached hydrogen (secondary N) is 1. The summed E-state index contributed by atoms with van der Waals surface area (Å²) in [5, 5.41) is 3.27. The van der Waals surface area contributed by atoms with Gasteiger partial charge >= 0.3 is 5.97 Å². The molecule has 112 valence electrons. The maximum Gasteiger partial charge on any atom is 0.325 e. The van der Waals surface area contributed by atoms with Crippen LogP contribution in [0.5, 0.6) is 0 Å². The fourth-order valence-corrected chi connectivity index (χ4v) is 2.98. The van der Waals surface area contributed by atoms with E-state index in [-0.39, 0.29) is 5.97 Å². The maximum atomic E-state index is 11.9. The number of carbonyl (C=O) groups excluding carboxylic acids is 1. The molecule has 4 heteroatoms. The van der Waals surface area contributed by atoms with Crippen molar-refractivity contribution in [3.8, 4) is 0 Å². The minimum atomic E-state index is -0.566. The molecule has 0 aromatic heterocycles. The Morgan fingerprint density at radius 1 is 1.47 bits per heavy atom. The van der Waals surface area contributed by atoms with Gasteiger partial charge in [-0.1, -0.05) is 13.8 Å². The largest absolute Gasteiger partial charge is 0.468 e. The average molecular weight is 270 g/mol. The van der Waals surface area contributed by atoms with Crippen LogP contribution in [0.2, 0.25) is 0 Å². The number of hydrogen-bond donors (Lipinski definition) is 1. The Balaban J connectivity index is 2.58. The van der Waals surface area contributed by atoms with Crippen LogP contribution in [-0.2, 0) is 9.53 Å². The Hall–Kier alpha value is -0.610. The van der Waals surface area contributed by atoms with Gasteiger partial charge in [0.05, 0.1) is 7.11 Å². The van der Waals surface area contributed by atoms with Crippen molar-refractivity contribution in [3.63, 3.8) is 0 Å². The molecule has 0 aliphatic carbocycles. The molecule has 1 aliphatic heterocycles. The molecule has 0 amide bonds. The molecule has 4 nitrogen and oxygen atoms in total. The molecule has 0 spiro atoms. The SMILES string of the molecule is CCNC(C)(CCN1CCCC(C)C1C)C(=O)OC. The van der Waals surface area contributed by atoms with Gasteiger partial charge in [-0.25, -0.2) is 0 Å². The van der Waals surface area contributed by atoms with Gasteiger partial charge in [0.1, 0.15) is 5.54 Å². The quantitative estimate of drug-likeness (QED) is 0.750. The van der Waals surface area contributed by atoms with Crippen LogP contribution >= 0.6 is 0 Å². The van der Waals surface area contributed by atoms with Crippen LogP contribution in [0.25, 0.3) is 0 Å². The van der Waals surface area contributed by atoms with E-state index in [4.69, 9.17) is 4.74 Å². The zero-order valence-electron chi connectivity index (χ0n) is 13.2. The normalized spacial score (nSPS) is 27.8. The van der Waals surface area contributed by atoms with Crippen molar-refractivity contribution < 1.29 is 9.53 Å². The zero-order chi connectivity index (χ0) is 14.5. The number of hydrogen-bond acceptors (Lipinski definition) is 4. The van der Waals surface area contributed by atoms with Gasteiger partial charge in [-0.3, -0.25) is 4.79 Å². The van der Waals surface area contributed by atoms with Crippen molar-refractivity contribution in [3.05, 3.63) is 0 Å². The minimum Gasteiger partial charge on any atom is -0.468 e. The van der Waals surface area contributed by atoms with Crippen molar-refractivity contribution in [1.29, 1.82) is 0 Å². The monoisotopic (exact) mass is 270 g/mol. The van der Waals surface area contributed by atoms with E-state index in [0.717, 1.165) is 32.0 Å². The summed E-state index contributed by atoms with van der Waals surface area (Å²) in [6.45, 7) is 11.5. The molecule has 1 N–H and O–H groups in total. The lowest BCUT2D eigenvalue weighted by molar-refractivity contribution is -0.148. The Bertz CT molecular complexity index is 296. The summed E-state index contributed by atoms with van der Waals surface area (Å²) in [5.74, 6) is 0.587. The zero-order valence-corrected chi connectivity index (χ0v) is 13.2. The predicted molar refractivity (Wildman–Crippen MR) is 78.1 cm³/mol. The lowest BCUT2D eigenvalue weighted by Crippen LogP contribution is -2.53. The fourth-order valence-electron chi connectivity index (χ4n) is 2.98. The van der Waals surface area contributed by atoms with E-state index < -0.39 is 5.54 Å². The van der Waals surface area contributed by atoms with Gasteiger partial charge in [0.15, 0.2) is 0 Å². The van der Waals surface area contributed by atoms with E-state index in [0.29, 0.717) is 6.04 Å². The number of likely N-dealkylation sites (tertiary alicyclic amines) is 1. The molecule has 1 heterocycles. The first-order valence-corrected chi connectivity index (χ1v) is 7.52. The number of ether oxygens (including phenoxy) is 1. The second kappa shape index (κ2) is 7.25. The van der Waals surface area contributed by atoms with Gasteiger partial charge in [0.25, 0.3) is 0 Å². The highest BCUT2D eigenvalue weighted by Crippen LogP contribution is 2.24. The van der Waals surface area contributed by atoms with Crippen molar-refractivity contribution in [2.45, 2.75) is 58.5 Å². The van der Waals surface area contributed by atoms with E-state index in [2.05, 4.69) is 24.1 Å². The summed E-state index contributed by atoms with van der Waals surface area (Å²) < 4.78 is 4.94. The third-order valence-corrected chi connectivity index (χ3v) is 4.61. The summed E-state index contributed by atoms with van der Waals surface area (Å²) in [4.78, 5) is 14.4. The highest BCUT2D eigenvalue weighted by molar-refractivity contribution is 5.80. The number of nitrogens with zero attached hydrogens (tertiary/aromatic N) is 1. The number of carbonyl (C=O) groups is 1. The van der Waals surface area contributed by atoms with Crippen molar-refractivity contribution >= 4 is 5.97 Å². The number of esters is 1. The van der Waals surface area contributed by atoms with Crippen LogP contribution in [-0.4, -0.2) is 49.2 Å². The number of piperidine rings is 1. The molecule has 0 aromatic carbocycles. The van der Waals surface area contributed by atoms with E-state index >= 15 is 0 Å². The first-order chi connectivity index (χ1) is 8.94. The molecular formula is C15H30N2O2. The first kappa shape index (κ1) is 16.4. The van der Waals surface area contributed by atoms with Crippen molar-refractivity contribution in [2.24, 2.45) is 5.92 Å². The van der Waals surface area contributed by atoms with Gasteiger partial charge in [0.2, 0.25) is 0 Å². The third-order valence-electron chi connectivity index (χ3n) is 4.61. The van der Waals surface area contributed by atoms with E-state index in [1.54, 1.807) is 0 Å². The highest BCUT2D eigenvalue weighted by Gasteiger charge is 2.35. The summed E-state index contributed by atoms with van der Waals surface area (Å²) >= 11 is 0. The molecule has 1 aliphatic rings.